The molecule has 102 valence electrons. The first-order valence-corrected chi connectivity index (χ1v) is 6.13. The van der Waals surface area contributed by atoms with Crippen LogP contribution in [0.5, 0.6) is 11.5 Å². The molecule has 0 unspecified atom stereocenters. The van der Waals surface area contributed by atoms with Crippen LogP contribution in [0.2, 0.25) is 0 Å². The molecule has 0 aliphatic heterocycles. The summed E-state index contributed by atoms with van der Waals surface area (Å²) in [6.45, 7) is 8.90. The lowest BCUT2D eigenvalue weighted by atomic mass is 9.94. The van der Waals surface area contributed by atoms with Gasteiger partial charge in [-0.2, -0.15) is 0 Å². The second-order valence-electron chi connectivity index (χ2n) is 4.55. The van der Waals surface area contributed by atoms with Gasteiger partial charge in [0.15, 0.2) is 0 Å². The van der Waals surface area contributed by atoms with E-state index >= 15 is 0 Å². The second kappa shape index (κ2) is 5.13. The molecule has 2 rings (SSSR count). The predicted octanol–water partition coefficient (Wildman–Crippen LogP) is 4.28. The highest BCUT2D eigenvalue weighted by molar-refractivity contribution is 5.99. The van der Waals surface area contributed by atoms with Crippen molar-refractivity contribution in [3.63, 3.8) is 0 Å². The average Bonchev–Trinajstić information content (AvgIpc) is 2.44. The van der Waals surface area contributed by atoms with Gasteiger partial charge in [-0.3, -0.25) is 0 Å². The molecule has 0 saturated carbocycles. The van der Waals surface area contributed by atoms with Gasteiger partial charge in [0.1, 0.15) is 17.3 Å². The van der Waals surface area contributed by atoms with Gasteiger partial charge < -0.3 is 15.3 Å². The standard InChI is InChI=1S/C17H16O3/c1-4-10(2)16(11(3)18)14-9-15(19)12-7-5-6-8-13(12)17(14)20/h4-9,18-20H,1,3H2,2H3/b16-10+. The molecule has 0 aliphatic rings. The lowest BCUT2D eigenvalue weighted by molar-refractivity contribution is 0.437. The smallest absolute Gasteiger partial charge is 0.131 e. The molecule has 0 atom stereocenters. The number of fused-ring (bicyclic) bond motifs is 1. The molecule has 0 aliphatic carbocycles. The summed E-state index contributed by atoms with van der Waals surface area (Å²) < 4.78 is 0. The van der Waals surface area contributed by atoms with Crippen LogP contribution in [0.25, 0.3) is 16.3 Å². The van der Waals surface area contributed by atoms with Crippen LogP contribution in [0.15, 0.2) is 60.9 Å². The van der Waals surface area contributed by atoms with Crippen LogP contribution in [0.1, 0.15) is 12.5 Å². The summed E-state index contributed by atoms with van der Waals surface area (Å²) in [5.41, 5.74) is 1.34. The maximum absolute atomic E-state index is 10.4. The van der Waals surface area contributed by atoms with Gasteiger partial charge in [-0.1, -0.05) is 43.5 Å². The topological polar surface area (TPSA) is 60.7 Å². The highest BCUT2D eigenvalue weighted by atomic mass is 16.3. The zero-order chi connectivity index (χ0) is 14.9. The molecule has 2 aromatic carbocycles. The molecule has 0 amide bonds. The van der Waals surface area contributed by atoms with Gasteiger partial charge in [0.25, 0.3) is 0 Å². The summed E-state index contributed by atoms with van der Waals surface area (Å²) in [7, 11) is 0. The van der Waals surface area contributed by atoms with E-state index in [9.17, 15) is 15.3 Å². The van der Waals surface area contributed by atoms with E-state index in [0.29, 0.717) is 27.5 Å². The highest BCUT2D eigenvalue weighted by Crippen LogP contribution is 2.40. The Morgan fingerprint density at radius 1 is 1.15 bits per heavy atom. The Balaban J connectivity index is 2.88. The van der Waals surface area contributed by atoms with Crippen molar-refractivity contribution in [2.24, 2.45) is 0 Å². The van der Waals surface area contributed by atoms with E-state index in [0.717, 1.165) is 0 Å². The Labute approximate surface area is 117 Å². The summed E-state index contributed by atoms with van der Waals surface area (Å²) >= 11 is 0. The monoisotopic (exact) mass is 268 g/mol. The quantitative estimate of drug-likeness (QED) is 0.442. The number of benzene rings is 2. The minimum absolute atomic E-state index is 0.00944. The van der Waals surface area contributed by atoms with Crippen molar-refractivity contribution >= 4 is 16.3 Å². The first-order chi connectivity index (χ1) is 9.47. The van der Waals surface area contributed by atoms with E-state index in [1.54, 1.807) is 37.3 Å². The Kier molecular flexibility index (Phi) is 3.53. The molecule has 20 heavy (non-hydrogen) atoms. The van der Waals surface area contributed by atoms with Crippen molar-refractivity contribution in [1.29, 1.82) is 0 Å². The molecule has 0 fully saturated rings. The predicted molar refractivity (Wildman–Crippen MR) is 81.8 cm³/mol. The summed E-state index contributed by atoms with van der Waals surface area (Å²) in [6, 6.07) is 8.38. The van der Waals surface area contributed by atoms with E-state index in [2.05, 4.69) is 13.2 Å². The Morgan fingerprint density at radius 3 is 2.30 bits per heavy atom. The fourth-order valence-corrected chi connectivity index (χ4v) is 2.23. The van der Waals surface area contributed by atoms with Crippen LogP contribution < -0.4 is 0 Å². The van der Waals surface area contributed by atoms with E-state index in [4.69, 9.17) is 0 Å². The Morgan fingerprint density at radius 2 is 1.75 bits per heavy atom. The van der Waals surface area contributed by atoms with Crippen molar-refractivity contribution < 1.29 is 15.3 Å². The zero-order valence-corrected chi connectivity index (χ0v) is 11.2. The van der Waals surface area contributed by atoms with Crippen LogP contribution in [-0.4, -0.2) is 15.3 Å². The van der Waals surface area contributed by atoms with Crippen molar-refractivity contribution in [3.05, 3.63) is 66.5 Å². The maximum Gasteiger partial charge on any atom is 0.131 e. The Bertz CT molecular complexity index is 739. The van der Waals surface area contributed by atoms with Gasteiger partial charge >= 0.3 is 0 Å². The third-order valence-corrected chi connectivity index (χ3v) is 3.25. The van der Waals surface area contributed by atoms with Crippen LogP contribution in [0.3, 0.4) is 0 Å². The number of hydrogen-bond donors (Lipinski definition) is 3. The van der Waals surface area contributed by atoms with Crippen LogP contribution >= 0.6 is 0 Å². The molecule has 3 nitrogen and oxygen atoms in total. The van der Waals surface area contributed by atoms with Crippen molar-refractivity contribution in [1.82, 2.24) is 0 Å². The highest BCUT2D eigenvalue weighted by Gasteiger charge is 2.17. The molecule has 0 aromatic heterocycles. The lowest BCUT2D eigenvalue weighted by Crippen LogP contribution is -1.93. The van der Waals surface area contributed by atoms with E-state index in [-0.39, 0.29) is 17.3 Å². The summed E-state index contributed by atoms with van der Waals surface area (Å²) in [5, 5.41) is 31.3. The number of rotatable bonds is 3. The molecular weight excluding hydrogens is 252 g/mol. The van der Waals surface area contributed by atoms with Crippen molar-refractivity contribution in [2.75, 3.05) is 0 Å². The molecule has 3 N–H and O–H groups in total. The van der Waals surface area contributed by atoms with Crippen molar-refractivity contribution in [3.8, 4) is 11.5 Å². The molecule has 0 saturated heterocycles. The first kappa shape index (κ1) is 13.7. The summed E-state index contributed by atoms with van der Waals surface area (Å²) in [5.74, 6) is -0.166. The molecule has 2 aromatic rings. The van der Waals surface area contributed by atoms with Gasteiger partial charge in [-0.05, 0) is 18.6 Å². The minimum atomic E-state index is -0.188. The Hall–Kier alpha value is -2.68. The first-order valence-electron chi connectivity index (χ1n) is 6.13. The van der Waals surface area contributed by atoms with Gasteiger partial charge in [-0.15, -0.1) is 0 Å². The number of aromatic hydroxyl groups is 2. The number of hydrogen-bond acceptors (Lipinski definition) is 3. The normalized spacial score (nSPS) is 12.1. The number of aliphatic hydroxyl groups excluding tert-OH is 1. The number of allylic oxidation sites excluding steroid dienone is 3. The third-order valence-electron chi connectivity index (χ3n) is 3.25. The van der Waals surface area contributed by atoms with E-state index in [1.807, 2.05) is 0 Å². The van der Waals surface area contributed by atoms with Crippen LogP contribution in [-0.2, 0) is 0 Å². The maximum atomic E-state index is 10.4. The SMILES string of the molecule is C=C/C(C)=C(\C(=C)O)c1cc(O)c2ccccc2c1O. The summed E-state index contributed by atoms with van der Waals surface area (Å²) in [4.78, 5) is 0. The molecule has 0 bridgehead atoms. The van der Waals surface area contributed by atoms with Gasteiger partial charge in [-0.25, -0.2) is 0 Å². The fourth-order valence-electron chi connectivity index (χ4n) is 2.23. The number of phenols is 2. The van der Waals surface area contributed by atoms with E-state index in [1.165, 1.54) is 6.07 Å². The molecule has 0 spiro atoms. The van der Waals surface area contributed by atoms with E-state index < -0.39 is 0 Å². The van der Waals surface area contributed by atoms with Gasteiger partial charge in [0.2, 0.25) is 0 Å². The van der Waals surface area contributed by atoms with Crippen LogP contribution in [0, 0.1) is 0 Å². The molecule has 0 heterocycles. The van der Waals surface area contributed by atoms with Crippen LogP contribution in [0.4, 0.5) is 0 Å². The second-order valence-corrected chi connectivity index (χ2v) is 4.55. The minimum Gasteiger partial charge on any atom is -0.508 e. The number of aliphatic hydroxyl groups is 1. The molecule has 3 heteroatoms. The molecular formula is C17H16O3. The lowest BCUT2D eigenvalue weighted by Gasteiger charge is -2.14. The molecule has 0 radical (unpaired) electrons. The summed E-state index contributed by atoms with van der Waals surface area (Å²) in [6.07, 6.45) is 1.56. The third kappa shape index (κ3) is 2.14. The largest absolute Gasteiger partial charge is 0.508 e. The zero-order valence-electron chi connectivity index (χ0n) is 11.2. The van der Waals surface area contributed by atoms with Gasteiger partial charge in [0.05, 0.1) is 0 Å². The average molecular weight is 268 g/mol. The number of phenolic OH excluding ortho intramolecular Hbond substituents is 2. The van der Waals surface area contributed by atoms with Crippen molar-refractivity contribution in [2.45, 2.75) is 6.92 Å². The fraction of sp³-hybridized carbons (Fsp3) is 0.0588. The van der Waals surface area contributed by atoms with Gasteiger partial charge in [0, 0.05) is 21.9 Å².